The highest BCUT2D eigenvalue weighted by molar-refractivity contribution is 5.94. The first-order valence-electron chi connectivity index (χ1n) is 7.51. The molecular formula is C18H21FN2O2. The first kappa shape index (κ1) is 17.0. The van der Waals surface area contributed by atoms with Gasteiger partial charge in [-0.25, -0.2) is 4.39 Å². The molecule has 2 N–H and O–H groups in total. The van der Waals surface area contributed by atoms with Gasteiger partial charge >= 0.3 is 0 Å². The van der Waals surface area contributed by atoms with E-state index in [0.29, 0.717) is 17.9 Å². The SMILES string of the molecule is CNC(C)CNC(=O)c1cccc(COc2cccc(F)c2)c1. The lowest BCUT2D eigenvalue weighted by Gasteiger charge is -2.12. The van der Waals surface area contributed by atoms with Crippen LogP contribution in [0.25, 0.3) is 0 Å². The van der Waals surface area contributed by atoms with Crippen molar-refractivity contribution in [3.05, 3.63) is 65.5 Å². The van der Waals surface area contributed by atoms with Gasteiger partial charge in [-0.1, -0.05) is 18.2 Å². The molecule has 1 atom stereocenters. The van der Waals surface area contributed by atoms with E-state index in [9.17, 15) is 9.18 Å². The summed E-state index contributed by atoms with van der Waals surface area (Å²) in [5, 5.41) is 5.93. The van der Waals surface area contributed by atoms with Crippen molar-refractivity contribution in [1.82, 2.24) is 10.6 Å². The second-order valence-corrected chi connectivity index (χ2v) is 5.35. The smallest absolute Gasteiger partial charge is 0.251 e. The highest BCUT2D eigenvalue weighted by Crippen LogP contribution is 2.14. The zero-order chi connectivity index (χ0) is 16.7. The number of halogens is 1. The van der Waals surface area contributed by atoms with Crippen LogP contribution in [0.1, 0.15) is 22.8 Å². The summed E-state index contributed by atoms with van der Waals surface area (Å²) in [7, 11) is 1.85. The number of amides is 1. The first-order valence-corrected chi connectivity index (χ1v) is 7.51. The van der Waals surface area contributed by atoms with Gasteiger partial charge in [0, 0.05) is 24.2 Å². The van der Waals surface area contributed by atoms with Gasteiger partial charge in [-0.05, 0) is 43.8 Å². The highest BCUT2D eigenvalue weighted by Gasteiger charge is 2.08. The zero-order valence-corrected chi connectivity index (χ0v) is 13.3. The van der Waals surface area contributed by atoms with E-state index in [1.165, 1.54) is 12.1 Å². The van der Waals surface area contributed by atoms with Gasteiger partial charge in [-0.15, -0.1) is 0 Å². The number of carbonyl (C=O) groups is 1. The van der Waals surface area contributed by atoms with E-state index < -0.39 is 0 Å². The molecule has 1 unspecified atom stereocenters. The summed E-state index contributed by atoms with van der Waals surface area (Å²) in [6.07, 6.45) is 0. The Labute approximate surface area is 135 Å². The number of rotatable bonds is 7. The molecule has 0 saturated heterocycles. The normalized spacial score (nSPS) is 11.8. The lowest BCUT2D eigenvalue weighted by Crippen LogP contribution is -2.37. The molecule has 0 spiro atoms. The van der Waals surface area contributed by atoms with Crippen molar-refractivity contribution in [2.45, 2.75) is 19.6 Å². The molecule has 0 radical (unpaired) electrons. The minimum atomic E-state index is -0.339. The van der Waals surface area contributed by atoms with Crippen molar-refractivity contribution >= 4 is 5.91 Å². The maximum absolute atomic E-state index is 13.1. The number of hydrogen-bond acceptors (Lipinski definition) is 3. The minimum Gasteiger partial charge on any atom is -0.489 e. The average Bonchev–Trinajstić information content (AvgIpc) is 2.58. The molecule has 2 aromatic rings. The van der Waals surface area contributed by atoms with Gasteiger partial charge in [0.2, 0.25) is 0 Å². The van der Waals surface area contributed by atoms with E-state index in [4.69, 9.17) is 4.74 Å². The molecule has 0 fully saturated rings. The van der Waals surface area contributed by atoms with Crippen LogP contribution in [0, 0.1) is 5.82 Å². The Bertz CT molecular complexity index is 661. The van der Waals surface area contributed by atoms with E-state index in [1.54, 1.807) is 30.3 Å². The lowest BCUT2D eigenvalue weighted by atomic mass is 10.1. The number of ether oxygens (including phenoxy) is 1. The number of carbonyl (C=O) groups excluding carboxylic acids is 1. The molecule has 0 aliphatic carbocycles. The van der Waals surface area contributed by atoms with Crippen LogP contribution in [-0.4, -0.2) is 25.5 Å². The van der Waals surface area contributed by atoms with Gasteiger partial charge in [0.1, 0.15) is 18.2 Å². The molecule has 0 aliphatic rings. The van der Waals surface area contributed by atoms with E-state index in [2.05, 4.69) is 10.6 Å². The highest BCUT2D eigenvalue weighted by atomic mass is 19.1. The average molecular weight is 316 g/mol. The van der Waals surface area contributed by atoms with Crippen LogP contribution in [0.4, 0.5) is 4.39 Å². The zero-order valence-electron chi connectivity index (χ0n) is 13.3. The Hall–Kier alpha value is -2.40. The molecule has 1 amide bonds. The molecule has 0 bridgehead atoms. The Kier molecular flexibility index (Phi) is 6.11. The molecule has 0 aliphatic heterocycles. The second kappa shape index (κ2) is 8.29. The fourth-order valence-electron chi connectivity index (χ4n) is 1.98. The van der Waals surface area contributed by atoms with Crippen molar-refractivity contribution in [1.29, 1.82) is 0 Å². The fraction of sp³-hybridized carbons (Fsp3) is 0.278. The molecule has 2 rings (SSSR count). The number of benzene rings is 2. The lowest BCUT2D eigenvalue weighted by molar-refractivity contribution is 0.0950. The predicted octanol–water partition coefficient (Wildman–Crippen LogP) is 2.74. The molecule has 5 heteroatoms. The van der Waals surface area contributed by atoms with Gasteiger partial charge in [0.25, 0.3) is 5.91 Å². The van der Waals surface area contributed by atoms with Gasteiger partial charge in [-0.2, -0.15) is 0 Å². The van der Waals surface area contributed by atoms with Crippen molar-refractivity contribution in [3.8, 4) is 5.75 Å². The molecular weight excluding hydrogens is 295 g/mol. The topological polar surface area (TPSA) is 50.4 Å². The molecule has 0 heterocycles. The number of nitrogens with one attached hydrogen (secondary N) is 2. The quantitative estimate of drug-likeness (QED) is 0.826. The summed E-state index contributed by atoms with van der Waals surface area (Å²) in [5.74, 6) is -0.00307. The van der Waals surface area contributed by atoms with Crippen LogP contribution in [0.2, 0.25) is 0 Å². The van der Waals surface area contributed by atoms with Gasteiger partial charge in [0.15, 0.2) is 0 Å². The van der Waals surface area contributed by atoms with Gasteiger partial charge in [0.05, 0.1) is 0 Å². The van der Waals surface area contributed by atoms with Crippen molar-refractivity contribution in [2.75, 3.05) is 13.6 Å². The van der Waals surface area contributed by atoms with Gasteiger partial charge < -0.3 is 15.4 Å². The van der Waals surface area contributed by atoms with Crippen molar-refractivity contribution < 1.29 is 13.9 Å². The summed E-state index contributed by atoms with van der Waals surface area (Å²) in [6.45, 7) is 2.82. The Morgan fingerprint density at radius 1 is 1.22 bits per heavy atom. The minimum absolute atomic E-state index is 0.125. The molecule has 2 aromatic carbocycles. The summed E-state index contributed by atoms with van der Waals surface area (Å²) < 4.78 is 18.6. The van der Waals surface area contributed by atoms with Crippen LogP contribution in [0.3, 0.4) is 0 Å². The van der Waals surface area contributed by atoms with Gasteiger partial charge in [-0.3, -0.25) is 4.79 Å². The summed E-state index contributed by atoms with van der Waals surface area (Å²) >= 11 is 0. The van der Waals surface area contributed by atoms with E-state index >= 15 is 0 Å². The van der Waals surface area contributed by atoms with Crippen molar-refractivity contribution in [2.24, 2.45) is 0 Å². The summed E-state index contributed by atoms with van der Waals surface area (Å²) in [6, 6.07) is 13.4. The standard InChI is InChI=1S/C18H21FN2O2/c1-13(20-2)11-21-18(22)15-6-3-5-14(9-15)12-23-17-8-4-7-16(19)10-17/h3-10,13,20H,11-12H2,1-2H3,(H,21,22). The third kappa shape index (κ3) is 5.38. The molecule has 122 valence electrons. The van der Waals surface area contributed by atoms with Crippen LogP contribution in [0.5, 0.6) is 5.75 Å². The maximum atomic E-state index is 13.1. The fourth-order valence-corrected chi connectivity index (χ4v) is 1.98. The van der Waals surface area contributed by atoms with Crippen LogP contribution in [-0.2, 0) is 6.61 Å². The first-order chi connectivity index (χ1) is 11.1. The molecule has 0 saturated carbocycles. The van der Waals surface area contributed by atoms with Crippen LogP contribution >= 0.6 is 0 Å². The Morgan fingerprint density at radius 2 is 2.00 bits per heavy atom. The summed E-state index contributed by atoms with van der Waals surface area (Å²) in [5.41, 5.74) is 1.43. The third-order valence-corrected chi connectivity index (χ3v) is 3.45. The summed E-state index contributed by atoms with van der Waals surface area (Å²) in [4.78, 5) is 12.1. The van der Waals surface area contributed by atoms with E-state index in [1.807, 2.05) is 20.0 Å². The third-order valence-electron chi connectivity index (χ3n) is 3.45. The molecule has 4 nitrogen and oxygen atoms in total. The Balaban J connectivity index is 1.95. The number of likely N-dealkylation sites (N-methyl/N-ethyl adjacent to an activating group) is 1. The monoisotopic (exact) mass is 316 g/mol. The van der Waals surface area contributed by atoms with E-state index in [0.717, 1.165) is 5.56 Å². The van der Waals surface area contributed by atoms with E-state index in [-0.39, 0.29) is 24.4 Å². The second-order valence-electron chi connectivity index (χ2n) is 5.35. The van der Waals surface area contributed by atoms with Crippen molar-refractivity contribution in [3.63, 3.8) is 0 Å². The molecule has 0 aromatic heterocycles. The Morgan fingerprint density at radius 3 is 2.74 bits per heavy atom. The predicted molar refractivity (Wildman–Crippen MR) is 88.0 cm³/mol. The van der Waals surface area contributed by atoms with Crippen LogP contribution in [0.15, 0.2) is 48.5 Å². The van der Waals surface area contributed by atoms with Crippen LogP contribution < -0.4 is 15.4 Å². The largest absolute Gasteiger partial charge is 0.489 e. The maximum Gasteiger partial charge on any atom is 0.251 e. The number of hydrogen-bond donors (Lipinski definition) is 2. The molecule has 23 heavy (non-hydrogen) atoms.